The Morgan fingerprint density at radius 1 is 1.38 bits per heavy atom. The van der Waals surface area contributed by atoms with Gasteiger partial charge in [-0.25, -0.2) is 0 Å². The maximum atomic E-state index is 3.93. The van der Waals surface area contributed by atoms with Crippen molar-refractivity contribution in [1.82, 2.24) is 0 Å². The van der Waals surface area contributed by atoms with Gasteiger partial charge in [0.1, 0.15) is 0 Å². The van der Waals surface area contributed by atoms with Crippen LogP contribution < -0.4 is 0 Å². The molecule has 8 heavy (non-hydrogen) atoms. The second-order valence-electron chi connectivity index (χ2n) is 1.27. The van der Waals surface area contributed by atoms with Crippen LogP contribution in [0.25, 0.3) is 0 Å². The van der Waals surface area contributed by atoms with Crippen molar-refractivity contribution in [3.8, 4) is 0 Å². The number of halogens is 1. The van der Waals surface area contributed by atoms with Crippen molar-refractivity contribution in [2.75, 3.05) is 0 Å². The zero-order chi connectivity index (χ0) is 6.57. The largest absolute Gasteiger partial charge is 0.144 e. The Bertz CT molecular complexity index is 119. The van der Waals surface area contributed by atoms with Crippen LogP contribution in [0.4, 0.5) is 0 Å². The van der Waals surface area contributed by atoms with Gasteiger partial charge < -0.3 is 0 Å². The van der Waals surface area contributed by atoms with E-state index >= 15 is 0 Å². The van der Waals surface area contributed by atoms with E-state index in [1.54, 1.807) is 12.2 Å². The third-order valence-corrected chi connectivity index (χ3v) is 0.870. The molecule has 0 heterocycles. The van der Waals surface area contributed by atoms with Gasteiger partial charge in [0.15, 0.2) is 0 Å². The molecule has 44 valence electrons. The fourth-order valence-corrected chi connectivity index (χ4v) is 0.393. The molecule has 0 bridgehead atoms. The molecule has 0 saturated heterocycles. The number of thiol groups is 1. The minimum atomic E-state index is 0.727. The van der Waals surface area contributed by atoms with E-state index in [0.717, 1.165) is 9.39 Å². The Morgan fingerprint density at radius 3 is 2.00 bits per heavy atom. The second-order valence-corrected chi connectivity index (χ2v) is 2.86. The molecule has 2 heteroatoms. The summed E-state index contributed by atoms with van der Waals surface area (Å²) in [5.74, 6) is 0. The highest BCUT2D eigenvalue weighted by Crippen LogP contribution is 2.05. The first-order valence-corrected chi connectivity index (χ1v) is 3.27. The third kappa shape index (κ3) is 6.05. The fraction of sp³-hybridized carbons (Fsp3) is 0. The van der Waals surface area contributed by atoms with Crippen molar-refractivity contribution in [1.29, 1.82) is 0 Å². The molecule has 0 amide bonds. The summed E-state index contributed by atoms with van der Waals surface area (Å²) in [4.78, 5) is 0.727. The lowest BCUT2D eigenvalue weighted by Crippen LogP contribution is -1.56. The monoisotopic (exact) mass is 190 g/mol. The quantitative estimate of drug-likeness (QED) is 0.503. The molecular formula is C6H7BrS. The van der Waals surface area contributed by atoms with Crippen molar-refractivity contribution in [3.05, 3.63) is 34.7 Å². The molecule has 0 nitrogen and oxygen atoms in total. The van der Waals surface area contributed by atoms with Gasteiger partial charge in [0, 0.05) is 4.48 Å². The summed E-state index contributed by atoms with van der Waals surface area (Å²) in [6, 6.07) is 0. The Hall–Kier alpha value is 0.0500. The highest BCUT2D eigenvalue weighted by Gasteiger charge is 1.75. The molecular weight excluding hydrogens is 184 g/mol. The van der Waals surface area contributed by atoms with Crippen LogP contribution in [0.1, 0.15) is 0 Å². The van der Waals surface area contributed by atoms with Crippen molar-refractivity contribution in [2.45, 2.75) is 0 Å². The lowest BCUT2D eigenvalue weighted by atomic mass is 10.5. The van der Waals surface area contributed by atoms with Gasteiger partial charge in [-0.1, -0.05) is 29.1 Å². The van der Waals surface area contributed by atoms with Crippen LogP contribution in [-0.2, 0) is 0 Å². The summed E-state index contributed by atoms with van der Waals surface area (Å²) in [5, 5.41) is 0. The summed E-state index contributed by atoms with van der Waals surface area (Å²) < 4.78 is 0.827. The van der Waals surface area contributed by atoms with E-state index in [9.17, 15) is 0 Å². The summed E-state index contributed by atoms with van der Waals surface area (Å²) in [7, 11) is 0. The highest BCUT2D eigenvalue weighted by molar-refractivity contribution is 9.11. The normalized spacial score (nSPS) is 9.75. The van der Waals surface area contributed by atoms with Gasteiger partial charge in [0.25, 0.3) is 0 Å². The summed E-state index contributed by atoms with van der Waals surface area (Å²) >= 11 is 7.08. The Labute approximate surface area is 63.5 Å². The van der Waals surface area contributed by atoms with Crippen LogP contribution in [-0.4, -0.2) is 0 Å². The van der Waals surface area contributed by atoms with Crippen LogP contribution in [0.3, 0.4) is 0 Å². The highest BCUT2D eigenvalue weighted by atomic mass is 79.9. The topological polar surface area (TPSA) is 0 Å². The SMILES string of the molecule is C=C(S)/C=C\C(=C)Br. The van der Waals surface area contributed by atoms with Crippen LogP contribution >= 0.6 is 28.6 Å². The van der Waals surface area contributed by atoms with E-state index in [2.05, 4.69) is 41.7 Å². The van der Waals surface area contributed by atoms with E-state index in [1.807, 2.05) is 0 Å². The standard InChI is InChI=1S/C6H7BrS/c1-5(7)3-4-6(2)8/h3-4,8H,1-2H2/b4-3-. The van der Waals surface area contributed by atoms with Gasteiger partial charge in [-0.2, -0.15) is 0 Å². The van der Waals surface area contributed by atoms with Crippen molar-refractivity contribution in [3.63, 3.8) is 0 Å². The van der Waals surface area contributed by atoms with Crippen molar-refractivity contribution < 1.29 is 0 Å². The van der Waals surface area contributed by atoms with Gasteiger partial charge in [-0.15, -0.1) is 12.6 Å². The molecule has 0 radical (unpaired) electrons. The molecule has 0 aromatic rings. The minimum absolute atomic E-state index is 0.727. The van der Waals surface area contributed by atoms with Crippen LogP contribution in [0, 0.1) is 0 Å². The van der Waals surface area contributed by atoms with Gasteiger partial charge in [-0.05, 0) is 17.1 Å². The maximum absolute atomic E-state index is 3.93. The van der Waals surface area contributed by atoms with Crippen LogP contribution in [0.15, 0.2) is 34.7 Å². The predicted molar refractivity (Wildman–Crippen MR) is 45.3 cm³/mol. The predicted octanol–water partition coefficient (Wildman–Crippen LogP) is 2.89. The fourth-order valence-electron chi connectivity index (χ4n) is 0.187. The molecule has 0 unspecified atom stereocenters. The number of hydrogen-bond donors (Lipinski definition) is 1. The molecule has 0 rings (SSSR count). The van der Waals surface area contributed by atoms with Crippen LogP contribution in [0.2, 0.25) is 0 Å². The molecule has 0 spiro atoms. The Balaban J connectivity index is 3.67. The molecule has 0 fully saturated rings. The average molecular weight is 191 g/mol. The van der Waals surface area contributed by atoms with E-state index in [-0.39, 0.29) is 0 Å². The summed E-state index contributed by atoms with van der Waals surface area (Å²) in [6.07, 6.45) is 3.55. The Morgan fingerprint density at radius 2 is 1.88 bits per heavy atom. The van der Waals surface area contributed by atoms with Crippen LogP contribution in [0.5, 0.6) is 0 Å². The van der Waals surface area contributed by atoms with Crippen molar-refractivity contribution in [2.24, 2.45) is 0 Å². The summed E-state index contributed by atoms with van der Waals surface area (Å²) in [6.45, 7) is 7.12. The maximum Gasteiger partial charge on any atom is 0.0103 e. The first kappa shape index (κ1) is 8.05. The lowest BCUT2D eigenvalue weighted by molar-refractivity contribution is 1.92. The second kappa shape index (κ2) is 3.98. The summed E-state index contributed by atoms with van der Waals surface area (Å²) in [5.41, 5.74) is 0. The Kier molecular flexibility index (Phi) is 4.01. The van der Waals surface area contributed by atoms with Gasteiger partial charge in [0.2, 0.25) is 0 Å². The number of rotatable bonds is 2. The van der Waals surface area contributed by atoms with Crippen molar-refractivity contribution >= 4 is 28.6 Å². The molecule has 0 aromatic heterocycles. The van der Waals surface area contributed by atoms with Gasteiger partial charge >= 0.3 is 0 Å². The van der Waals surface area contributed by atoms with E-state index in [1.165, 1.54) is 0 Å². The molecule has 0 aliphatic heterocycles. The zero-order valence-corrected chi connectivity index (χ0v) is 6.87. The lowest BCUT2D eigenvalue weighted by Gasteiger charge is -1.81. The first-order valence-electron chi connectivity index (χ1n) is 2.03. The average Bonchev–Trinajstić information content (AvgIpc) is 1.61. The number of hydrogen-bond acceptors (Lipinski definition) is 1. The molecule has 0 N–H and O–H groups in total. The molecule has 0 atom stereocenters. The number of allylic oxidation sites excluding steroid dienone is 3. The zero-order valence-electron chi connectivity index (χ0n) is 4.39. The molecule has 0 aromatic carbocycles. The first-order chi connectivity index (χ1) is 3.63. The molecule has 0 saturated carbocycles. The third-order valence-electron chi connectivity index (χ3n) is 0.457. The molecule has 0 aliphatic rings. The van der Waals surface area contributed by atoms with E-state index < -0.39 is 0 Å². The van der Waals surface area contributed by atoms with Gasteiger partial charge in [0.05, 0.1) is 0 Å². The molecule has 0 aliphatic carbocycles. The van der Waals surface area contributed by atoms with Gasteiger partial charge in [-0.3, -0.25) is 0 Å². The minimum Gasteiger partial charge on any atom is -0.144 e. The van der Waals surface area contributed by atoms with E-state index in [0.29, 0.717) is 0 Å². The van der Waals surface area contributed by atoms with E-state index in [4.69, 9.17) is 0 Å². The smallest absolute Gasteiger partial charge is 0.0103 e.